The van der Waals surface area contributed by atoms with Crippen LogP contribution in [0.5, 0.6) is 0 Å². The van der Waals surface area contributed by atoms with Gasteiger partial charge in [0.05, 0.1) is 12.2 Å². The van der Waals surface area contributed by atoms with Crippen molar-refractivity contribution in [2.24, 2.45) is 5.92 Å². The molecule has 0 bridgehead atoms. The zero-order chi connectivity index (χ0) is 15.6. The van der Waals surface area contributed by atoms with E-state index < -0.39 is 16.7 Å². The number of carbonyl (C=O) groups excluding carboxylic acids is 2. The molecule has 0 spiro atoms. The Balaban J connectivity index is 2.38. The van der Waals surface area contributed by atoms with Gasteiger partial charge in [-0.1, -0.05) is 30.1 Å². The van der Waals surface area contributed by atoms with Crippen LogP contribution in [0.25, 0.3) is 0 Å². The number of carbonyl (C=O) groups is 2. The van der Waals surface area contributed by atoms with E-state index in [1.165, 1.54) is 11.3 Å². The molecule has 0 saturated carbocycles. The summed E-state index contributed by atoms with van der Waals surface area (Å²) in [6.07, 6.45) is 2.76. The molecule has 7 heteroatoms. The molecule has 1 atom stereocenters. The minimum absolute atomic E-state index is 0.293. The van der Waals surface area contributed by atoms with E-state index >= 15 is 0 Å². The second-order valence-electron chi connectivity index (χ2n) is 5.07. The highest BCUT2D eigenvalue weighted by Gasteiger charge is 2.29. The third-order valence-corrected chi connectivity index (χ3v) is 4.99. The quantitative estimate of drug-likeness (QED) is 0.664. The van der Waals surface area contributed by atoms with E-state index in [9.17, 15) is 9.59 Å². The summed E-state index contributed by atoms with van der Waals surface area (Å²) >= 11 is 12.5. The van der Waals surface area contributed by atoms with Gasteiger partial charge in [0.2, 0.25) is 0 Å². The summed E-state index contributed by atoms with van der Waals surface area (Å²) in [6.45, 7) is 4.23. The first-order valence-electron chi connectivity index (χ1n) is 6.84. The molecule has 0 aromatic carbocycles. The number of ether oxygens (including phenoxy) is 1. The smallest absolute Gasteiger partial charge is 0.341 e. The number of thiophene rings is 1. The van der Waals surface area contributed by atoms with Crippen LogP contribution in [0.4, 0.5) is 5.00 Å². The van der Waals surface area contributed by atoms with Crippen molar-refractivity contribution in [3.05, 3.63) is 16.0 Å². The van der Waals surface area contributed by atoms with Gasteiger partial charge < -0.3 is 10.1 Å². The van der Waals surface area contributed by atoms with Crippen LogP contribution in [0.15, 0.2) is 0 Å². The van der Waals surface area contributed by atoms with Gasteiger partial charge in [0.1, 0.15) is 5.00 Å². The van der Waals surface area contributed by atoms with Crippen molar-refractivity contribution in [1.29, 1.82) is 0 Å². The van der Waals surface area contributed by atoms with Crippen LogP contribution in [0.2, 0.25) is 0 Å². The van der Waals surface area contributed by atoms with E-state index in [1.807, 2.05) is 0 Å². The Morgan fingerprint density at radius 3 is 2.81 bits per heavy atom. The maximum absolute atomic E-state index is 12.2. The molecule has 0 saturated heterocycles. The molecular weight excluding hydrogens is 333 g/mol. The largest absolute Gasteiger partial charge is 0.462 e. The van der Waals surface area contributed by atoms with Gasteiger partial charge in [-0.05, 0) is 37.7 Å². The van der Waals surface area contributed by atoms with E-state index in [2.05, 4.69) is 12.2 Å². The maximum atomic E-state index is 12.2. The van der Waals surface area contributed by atoms with Crippen molar-refractivity contribution < 1.29 is 14.3 Å². The Bertz CT molecular complexity index is 557. The minimum Gasteiger partial charge on any atom is -0.462 e. The van der Waals surface area contributed by atoms with Crippen molar-refractivity contribution in [3.63, 3.8) is 0 Å². The average molecular weight is 350 g/mol. The highest BCUT2D eigenvalue weighted by Crippen LogP contribution is 2.40. The molecule has 1 N–H and O–H groups in total. The standard InChI is InChI=1S/C14H17Cl2NO3S/c1-3-20-14(19)10-8-5-4-7(2)6-9(8)21-13(10)17-12(18)11(15)16/h7,11H,3-6H2,1-2H3,(H,17,18). The van der Waals surface area contributed by atoms with Gasteiger partial charge >= 0.3 is 5.97 Å². The molecule has 21 heavy (non-hydrogen) atoms. The normalized spacial score (nSPS) is 17.5. The summed E-state index contributed by atoms with van der Waals surface area (Å²) in [7, 11) is 0. The van der Waals surface area contributed by atoms with Crippen molar-refractivity contribution in [2.75, 3.05) is 11.9 Å². The van der Waals surface area contributed by atoms with Gasteiger partial charge in [-0.15, -0.1) is 11.3 Å². The highest BCUT2D eigenvalue weighted by molar-refractivity contribution is 7.17. The van der Waals surface area contributed by atoms with Crippen LogP contribution in [-0.2, 0) is 22.4 Å². The fourth-order valence-electron chi connectivity index (χ4n) is 2.42. The topological polar surface area (TPSA) is 55.4 Å². The summed E-state index contributed by atoms with van der Waals surface area (Å²) in [6, 6.07) is 0. The SMILES string of the molecule is CCOC(=O)c1c(NC(=O)C(Cl)Cl)sc2c1CCC(C)C2. The molecule has 1 aliphatic rings. The number of rotatable bonds is 4. The van der Waals surface area contributed by atoms with Gasteiger partial charge in [-0.2, -0.15) is 0 Å². The molecule has 2 rings (SSSR count). The summed E-state index contributed by atoms with van der Waals surface area (Å²) in [4.78, 5) is 23.9. The molecule has 0 radical (unpaired) electrons. The number of alkyl halides is 2. The highest BCUT2D eigenvalue weighted by atomic mass is 35.5. The number of hydrogen-bond acceptors (Lipinski definition) is 4. The first-order valence-corrected chi connectivity index (χ1v) is 8.53. The Labute approximate surface area is 137 Å². The Kier molecular flexibility index (Phi) is 5.52. The number of nitrogens with one attached hydrogen (secondary N) is 1. The monoisotopic (exact) mass is 349 g/mol. The molecule has 1 aromatic rings. The number of anilines is 1. The molecule has 1 heterocycles. The van der Waals surface area contributed by atoms with Gasteiger partial charge in [0.15, 0.2) is 4.84 Å². The fraction of sp³-hybridized carbons (Fsp3) is 0.571. The number of esters is 1. The molecule has 1 unspecified atom stereocenters. The predicted octanol–water partition coefficient (Wildman–Crippen LogP) is 3.79. The first-order chi connectivity index (χ1) is 9.93. The molecule has 1 aromatic heterocycles. The van der Waals surface area contributed by atoms with Gasteiger partial charge in [0.25, 0.3) is 5.91 Å². The van der Waals surface area contributed by atoms with Crippen LogP contribution in [0, 0.1) is 5.92 Å². The minimum atomic E-state index is -1.17. The zero-order valence-electron chi connectivity index (χ0n) is 11.9. The third-order valence-electron chi connectivity index (χ3n) is 3.43. The first kappa shape index (κ1) is 16.6. The second-order valence-corrected chi connectivity index (χ2v) is 7.27. The fourth-order valence-corrected chi connectivity index (χ4v) is 3.94. The predicted molar refractivity (Wildman–Crippen MR) is 85.6 cm³/mol. The molecule has 116 valence electrons. The molecule has 0 aliphatic heterocycles. The number of hydrogen-bond donors (Lipinski definition) is 1. The summed E-state index contributed by atoms with van der Waals surface area (Å²) < 4.78 is 5.11. The number of halogens is 2. The van der Waals surface area contributed by atoms with Gasteiger partial charge in [0, 0.05) is 4.88 Å². The molecule has 1 amide bonds. The van der Waals surface area contributed by atoms with E-state index in [4.69, 9.17) is 27.9 Å². The van der Waals surface area contributed by atoms with E-state index in [-0.39, 0.29) is 0 Å². The van der Waals surface area contributed by atoms with Crippen LogP contribution < -0.4 is 5.32 Å². The van der Waals surface area contributed by atoms with Gasteiger partial charge in [-0.3, -0.25) is 4.79 Å². The number of amides is 1. The van der Waals surface area contributed by atoms with Crippen LogP contribution in [0.3, 0.4) is 0 Å². The molecule has 4 nitrogen and oxygen atoms in total. The Morgan fingerprint density at radius 2 is 2.19 bits per heavy atom. The van der Waals surface area contributed by atoms with E-state index in [0.717, 1.165) is 29.7 Å². The lowest BCUT2D eigenvalue weighted by Crippen LogP contribution is -2.20. The zero-order valence-corrected chi connectivity index (χ0v) is 14.2. The molecule has 1 aliphatic carbocycles. The number of fused-ring (bicyclic) bond motifs is 1. The lowest BCUT2D eigenvalue weighted by Gasteiger charge is -2.18. The lowest BCUT2D eigenvalue weighted by atomic mass is 9.88. The Hall–Kier alpha value is -0.780. The van der Waals surface area contributed by atoms with Crippen molar-refractivity contribution in [2.45, 2.75) is 37.9 Å². The second kappa shape index (κ2) is 6.99. The molecular formula is C14H17Cl2NO3S. The Morgan fingerprint density at radius 1 is 1.48 bits per heavy atom. The van der Waals surface area contributed by atoms with Crippen LogP contribution >= 0.6 is 34.5 Å². The maximum Gasteiger partial charge on any atom is 0.341 e. The van der Waals surface area contributed by atoms with E-state index in [0.29, 0.717) is 23.1 Å². The van der Waals surface area contributed by atoms with Crippen molar-refractivity contribution in [3.8, 4) is 0 Å². The summed E-state index contributed by atoms with van der Waals surface area (Å²) in [5.41, 5.74) is 1.46. The summed E-state index contributed by atoms with van der Waals surface area (Å²) in [5, 5.41) is 3.13. The lowest BCUT2D eigenvalue weighted by molar-refractivity contribution is -0.114. The average Bonchev–Trinajstić information content (AvgIpc) is 2.75. The third kappa shape index (κ3) is 3.71. The van der Waals surface area contributed by atoms with Crippen molar-refractivity contribution in [1.82, 2.24) is 0 Å². The van der Waals surface area contributed by atoms with Gasteiger partial charge in [-0.25, -0.2) is 4.79 Å². The van der Waals surface area contributed by atoms with Crippen LogP contribution in [0.1, 0.15) is 41.1 Å². The van der Waals surface area contributed by atoms with E-state index in [1.54, 1.807) is 6.92 Å². The summed E-state index contributed by atoms with van der Waals surface area (Å²) in [5.74, 6) is -0.361. The molecule has 0 fully saturated rings. The van der Waals surface area contributed by atoms with Crippen molar-refractivity contribution >= 4 is 51.4 Å². The van der Waals surface area contributed by atoms with Crippen LogP contribution in [-0.4, -0.2) is 23.3 Å².